The summed E-state index contributed by atoms with van der Waals surface area (Å²) in [6.07, 6.45) is 2.79. The molecule has 1 N–H and O–H groups in total. The summed E-state index contributed by atoms with van der Waals surface area (Å²) < 4.78 is 4.79. The summed E-state index contributed by atoms with van der Waals surface area (Å²) in [5, 5.41) is 3.92. The summed E-state index contributed by atoms with van der Waals surface area (Å²) in [6, 6.07) is 7.32. The van der Waals surface area contributed by atoms with Crippen LogP contribution in [0.3, 0.4) is 0 Å². The molecule has 1 aromatic carbocycles. The first kappa shape index (κ1) is 15.3. The molecular weight excluding hydrogens is 270 g/mol. The molecule has 0 unspecified atom stereocenters. The molecule has 5 heteroatoms. The lowest BCUT2D eigenvalue weighted by molar-refractivity contribution is -0.143. The standard InChI is InChI=1S/C13H18ClNO2S/c1-17-13(16)12(7-8-18-2)15-9-10-3-5-11(14)6-4-10/h3-6,12,15H,7-9H2,1-2H3/t12-/m1/s1. The molecule has 1 atom stereocenters. The van der Waals surface area contributed by atoms with Crippen molar-refractivity contribution in [1.29, 1.82) is 0 Å². The predicted molar refractivity (Wildman–Crippen MR) is 77.1 cm³/mol. The Balaban J connectivity index is 2.50. The quantitative estimate of drug-likeness (QED) is 0.783. The number of rotatable bonds is 7. The van der Waals surface area contributed by atoms with Crippen molar-refractivity contribution < 1.29 is 9.53 Å². The monoisotopic (exact) mass is 287 g/mol. The maximum absolute atomic E-state index is 11.6. The third-order valence-electron chi connectivity index (χ3n) is 2.56. The predicted octanol–water partition coefficient (Wildman–Crippen LogP) is 2.72. The first-order valence-electron chi connectivity index (χ1n) is 5.72. The molecule has 0 bridgehead atoms. The van der Waals surface area contributed by atoms with Gasteiger partial charge in [-0.2, -0.15) is 11.8 Å². The van der Waals surface area contributed by atoms with E-state index in [1.54, 1.807) is 11.8 Å². The van der Waals surface area contributed by atoms with E-state index >= 15 is 0 Å². The zero-order valence-electron chi connectivity index (χ0n) is 10.6. The molecule has 0 aliphatic heterocycles. The van der Waals surface area contributed by atoms with Crippen LogP contribution in [0.15, 0.2) is 24.3 Å². The Morgan fingerprint density at radius 3 is 2.67 bits per heavy atom. The average molecular weight is 288 g/mol. The minimum atomic E-state index is -0.252. The SMILES string of the molecule is COC(=O)[C@@H](CCSC)NCc1ccc(Cl)cc1. The largest absolute Gasteiger partial charge is 0.468 e. The van der Waals surface area contributed by atoms with Crippen molar-refractivity contribution in [3.05, 3.63) is 34.9 Å². The van der Waals surface area contributed by atoms with Gasteiger partial charge in [-0.15, -0.1) is 0 Å². The molecule has 0 amide bonds. The average Bonchev–Trinajstić information content (AvgIpc) is 2.40. The van der Waals surface area contributed by atoms with Crippen LogP contribution < -0.4 is 5.32 Å². The van der Waals surface area contributed by atoms with E-state index in [2.05, 4.69) is 5.32 Å². The molecule has 100 valence electrons. The molecule has 3 nitrogen and oxygen atoms in total. The van der Waals surface area contributed by atoms with E-state index in [9.17, 15) is 4.79 Å². The Bertz CT molecular complexity index is 370. The zero-order chi connectivity index (χ0) is 13.4. The maximum Gasteiger partial charge on any atom is 0.322 e. The van der Waals surface area contributed by atoms with Gasteiger partial charge in [0.25, 0.3) is 0 Å². The molecule has 0 spiro atoms. The van der Waals surface area contributed by atoms with Crippen molar-refractivity contribution in [2.75, 3.05) is 19.1 Å². The molecule has 0 saturated carbocycles. The second-order valence-electron chi connectivity index (χ2n) is 3.86. The summed E-state index contributed by atoms with van der Waals surface area (Å²) in [5.74, 6) is 0.714. The van der Waals surface area contributed by atoms with Gasteiger partial charge in [0.15, 0.2) is 0 Å². The highest BCUT2D eigenvalue weighted by Crippen LogP contribution is 2.10. The molecule has 0 heterocycles. The summed E-state index contributed by atoms with van der Waals surface area (Å²) in [4.78, 5) is 11.6. The summed E-state index contributed by atoms with van der Waals surface area (Å²) in [7, 11) is 1.42. The third-order valence-corrected chi connectivity index (χ3v) is 3.46. The minimum Gasteiger partial charge on any atom is -0.468 e. The molecule has 0 aliphatic rings. The minimum absolute atomic E-state index is 0.210. The van der Waals surface area contributed by atoms with Crippen molar-refractivity contribution in [3.8, 4) is 0 Å². The van der Waals surface area contributed by atoms with Crippen LogP contribution in [0.4, 0.5) is 0 Å². The van der Waals surface area contributed by atoms with Gasteiger partial charge in [0.2, 0.25) is 0 Å². The number of hydrogen-bond acceptors (Lipinski definition) is 4. The first-order valence-corrected chi connectivity index (χ1v) is 7.49. The van der Waals surface area contributed by atoms with Gasteiger partial charge in [0, 0.05) is 11.6 Å². The second-order valence-corrected chi connectivity index (χ2v) is 5.29. The van der Waals surface area contributed by atoms with E-state index in [0.29, 0.717) is 11.6 Å². The highest BCUT2D eigenvalue weighted by molar-refractivity contribution is 7.98. The Morgan fingerprint density at radius 2 is 2.11 bits per heavy atom. The van der Waals surface area contributed by atoms with Crippen molar-refractivity contribution in [3.63, 3.8) is 0 Å². The van der Waals surface area contributed by atoms with Crippen LogP contribution in [-0.2, 0) is 16.1 Å². The van der Waals surface area contributed by atoms with Gasteiger partial charge in [-0.3, -0.25) is 4.79 Å². The molecule has 0 saturated heterocycles. The highest BCUT2D eigenvalue weighted by atomic mass is 35.5. The van der Waals surface area contributed by atoms with E-state index in [1.807, 2.05) is 30.5 Å². The molecule has 1 rings (SSSR count). The lowest BCUT2D eigenvalue weighted by Gasteiger charge is -2.16. The van der Waals surface area contributed by atoms with Crippen LogP contribution in [-0.4, -0.2) is 31.1 Å². The third kappa shape index (κ3) is 5.29. The number of ether oxygens (including phenoxy) is 1. The van der Waals surface area contributed by atoms with Crippen molar-refractivity contribution in [2.24, 2.45) is 0 Å². The van der Waals surface area contributed by atoms with Crippen molar-refractivity contribution >= 4 is 29.3 Å². The first-order chi connectivity index (χ1) is 8.67. The Hall–Kier alpha value is -0.710. The van der Waals surface area contributed by atoms with Crippen LogP contribution in [0, 0.1) is 0 Å². The Morgan fingerprint density at radius 1 is 1.44 bits per heavy atom. The lowest BCUT2D eigenvalue weighted by atomic mass is 10.2. The lowest BCUT2D eigenvalue weighted by Crippen LogP contribution is -2.37. The molecule has 0 radical (unpaired) electrons. The molecule has 18 heavy (non-hydrogen) atoms. The van der Waals surface area contributed by atoms with Crippen LogP contribution in [0.1, 0.15) is 12.0 Å². The maximum atomic E-state index is 11.6. The number of benzene rings is 1. The molecular formula is C13H18ClNO2S. The van der Waals surface area contributed by atoms with E-state index in [-0.39, 0.29) is 12.0 Å². The number of nitrogens with one attached hydrogen (secondary N) is 1. The normalized spacial score (nSPS) is 12.2. The van der Waals surface area contributed by atoms with Gasteiger partial charge in [0.05, 0.1) is 7.11 Å². The number of esters is 1. The fourth-order valence-corrected chi connectivity index (χ4v) is 2.12. The molecule has 1 aromatic rings. The van der Waals surface area contributed by atoms with Gasteiger partial charge in [-0.25, -0.2) is 0 Å². The molecule has 0 aromatic heterocycles. The topological polar surface area (TPSA) is 38.3 Å². The highest BCUT2D eigenvalue weighted by Gasteiger charge is 2.17. The van der Waals surface area contributed by atoms with Crippen LogP contribution in [0.5, 0.6) is 0 Å². The molecule has 0 aliphatic carbocycles. The Kier molecular flexibility index (Phi) is 7.16. The Labute approximate surface area is 117 Å². The van der Waals surface area contributed by atoms with Crippen LogP contribution in [0.2, 0.25) is 5.02 Å². The summed E-state index contributed by atoms with van der Waals surface area (Å²) in [6.45, 7) is 0.630. The fourth-order valence-electron chi connectivity index (χ4n) is 1.52. The van der Waals surface area contributed by atoms with E-state index < -0.39 is 0 Å². The van der Waals surface area contributed by atoms with Gasteiger partial charge in [0.1, 0.15) is 6.04 Å². The van der Waals surface area contributed by atoms with Crippen LogP contribution in [0.25, 0.3) is 0 Å². The second kappa shape index (κ2) is 8.40. The van der Waals surface area contributed by atoms with Crippen molar-refractivity contribution in [2.45, 2.75) is 19.0 Å². The van der Waals surface area contributed by atoms with Crippen molar-refractivity contribution in [1.82, 2.24) is 5.32 Å². The number of carbonyl (C=O) groups is 1. The van der Waals surface area contributed by atoms with E-state index in [0.717, 1.165) is 17.7 Å². The van der Waals surface area contributed by atoms with E-state index in [4.69, 9.17) is 16.3 Å². The fraction of sp³-hybridized carbons (Fsp3) is 0.462. The van der Waals surface area contributed by atoms with Gasteiger partial charge in [-0.1, -0.05) is 23.7 Å². The number of carbonyl (C=O) groups excluding carboxylic acids is 1. The number of hydrogen-bond donors (Lipinski definition) is 1. The zero-order valence-corrected chi connectivity index (χ0v) is 12.2. The number of thioether (sulfide) groups is 1. The number of halogens is 1. The number of methoxy groups -OCH3 is 1. The van der Waals surface area contributed by atoms with E-state index in [1.165, 1.54) is 7.11 Å². The molecule has 0 fully saturated rings. The smallest absolute Gasteiger partial charge is 0.322 e. The van der Waals surface area contributed by atoms with Gasteiger partial charge >= 0.3 is 5.97 Å². The van der Waals surface area contributed by atoms with Gasteiger partial charge in [-0.05, 0) is 36.1 Å². The van der Waals surface area contributed by atoms with Crippen LogP contribution >= 0.6 is 23.4 Å². The van der Waals surface area contributed by atoms with Gasteiger partial charge < -0.3 is 10.1 Å². The summed E-state index contributed by atoms with van der Waals surface area (Å²) >= 11 is 7.53. The summed E-state index contributed by atoms with van der Waals surface area (Å²) in [5.41, 5.74) is 1.09.